The fraction of sp³-hybridized carbons (Fsp3) is 0.714. The van der Waals surface area contributed by atoms with Crippen molar-refractivity contribution in [3.63, 3.8) is 0 Å². The Kier molecular flexibility index (Phi) is 10.6. The van der Waals surface area contributed by atoms with E-state index in [4.69, 9.17) is 26.6 Å². The highest BCUT2D eigenvalue weighted by Gasteiger charge is 2.38. The van der Waals surface area contributed by atoms with Gasteiger partial charge in [0.1, 0.15) is 8.07 Å². The molecule has 0 aliphatic carbocycles. The van der Waals surface area contributed by atoms with Gasteiger partial charge in [-0.15, -0.1) is 0 Å². The van der Waals surface area contributed by atoms with Gasteiger partial charge in [-0.2, -0.15) is 0 Å². The summed E-state index contributed by atoms with van der Waals surface area (Å²) in [5.41, 5.74) is 8.41. The second-order valence-electron chi connectivity index (χ2n) is 5.04. The van der Waals surface area contributed by atoms with Crippen molar-refractivity contribution in [2.24, 2.45) is 0 Å². The van der Waals surface area contributed by atoms with Crippen LogP contribution >= 0.6 is 0 Å². The standard InChI is InChI=1S/C14H32O6Si3/c1-9-21(10-2,11-13-22(15-3,16-4)17-5)12-14-23(18-6,19-7)20-8/h11-14H,9-10H2,1-8H3. The summed E-state index contributed by atoms with van der Waals surface area (Å²) in [6.07, 6.45) is 0. The maximum absolute atomic E-state index is 5.47. The van der Waals surface area contributed by atoms with Crippen molar-refractivity contribution in [2.75, 3.05) is 42.7 Å². The Bertz CT molecular complexity index is 328. The molecule has 0 saturated heterocycles. The van der Waals surface area contributed by atoms with Crippen molar-refractivity contribution >= 4 is 25.7 Å². The van der Waals surface area contributed by atoms with E-state index in [1.807, 2.05) is 11.4 Å². The van der Waals surface area contributed by atoms with Crippen molar-refractivity contribution < 1.29 is 26.6 Å². The molecule has 0 aliphatic rings. The highest BCUT2D eigenvalue weighted by Crippen LogP contribution is 2.22. The monoisotopic (exact) mass is 380 g/mol. The molecule has 0 aromatic heterocycles. The Morgan fingerprint density at radius 3 is 0.957 bits per heavy atom. The fourth-order valence-electron chi connectivity index (χ4n) is 2.22. The van der Waals surface area contributed by atoms with Crippen molar-refractivity contribution in [1.82, 2.24) is 0 Å². The molecule has 0 rings (SSSR count). The Balaban J connectivity index is 5.59. The highest BCUT2D eigenvalue weighted by atomic mass is 28.4. The smallest absolute Gasteiger partial charge is 0.374 e. The number of hydrogen-bond acceptors (Lipinski definition) is 6. The van der Waals surface area contributed by atoms with Gasteiger partial charge in [0, 0.05) is 42.7 Å². The van der Waals surface area contributed by atoms with E-state index < -0.39 is 25.7 Å². The minimum Gasteiger partial charge on any atom is -0.374 e. The maximum Gasteiger partial charge on any atom is 0.528 e. The summed E-state index contributed by atoms with van der Waals surface area (Å²) in [4.78, 5) is 0. The highest BCUT2D eigenvalue weighted by molar-refractivity contribution is 6.91. The van der Waals surface area contributed by atoms with Crippen molar-refractivity contribution in [2.45, 2.75) is 25.9 Å². The first-order valence-electron chi connectivity index (χ1n) is 7.62. The molecule has 0 saturated carbocycles. The second kappa shape index (κ2) is 10.7. The molecule has 0 N–H and O–H groups in total. The van der Waals surface area contributed by atoms with E-state index >= 15 is 0 Å². The molecule has 136 valence electrons. The van der Waals surface area contributed by atoms with Crippen LogP contribution in [0.4, 0.5) is 0 Å². The van der Waals surface area contributed by atoms with Gasteiger partial charge < -0.3 is 26.6 Å². The summed E-state index contributed by atoms with van der Waals surface area (Å²) in [6.45, 7) is 4.38. The van der Waals surface area contributed by atoms with Crippen LogP contribution in [0.5, 0.6) is 0 Å². The Hall–Kier alpha value is -0.109. The van der Waals surface area contributed by atoms with Crippen molar-refractivity contribution in [1.29, 1.82) is 0 Å². The number of rotatable bonds is 12. The SMILES string of the molecule is CC[Si](C=C[Si](OC)(OC)OC)(C=C[Si](OC)(OC)OC)CC. The molecule has 0 aliphatic heterocycles. The van der Waals surface area contributed by atoms with Gasteiger partial charge in [-0.1, -0.05) is 37.3 Å². The van der Waals surface area contributed by atoms with Crippen LogP contribution in [0.15, 0.2) is 22.8 Å². The summed E-state index contributed by atoms with van der Waals surface area (Å²) >= 11 is 0. The van der Waals surface area contributed by atoms with E-state index in [-0.39, 0.29) is 0 Å². The second-order valence-corrected chi connectivity index (χ2v) is 15.1. The fourth-order valence-corrected chi connectivity index (χ4v) is 9.88. The third kappa shape index (κ3) is 6.03. The molecule has 0 heterocycles. The van der Waals surface area contributed by atoms with E-state index in [0.717, 1.165) is 12.1 Å². The molecule has 0 atom stereocenters. The maximum atomic E-state index is 5.47. The zero-order valence-corrected chi connectivity index (χ0v) is 18.7. The van der Waals surface area contributed by atoms with Crippen LogP contribution in [0.2, 0.25) is 12.1 Å². The van der Waals surface area contributed by atoms with Gasteiger partial charge in [0.15, 0.2) is 0 Å². The molecule has 23 heavy (non-hydrogen) atoms. The molecule has 0 amide bonds. The van der Waals surface area contributed by atoms with Gasteiger partial charge in [-0.25, -0.2) is 0 Å². The summed E-state index contributed by atoms with van der Waals surface area (Å²) in [5.74, 6) is 0. The van der Waals surface area contributed by atoms with Gasteiger partial charge >= 0.3 is 17.6 Å². The molecule has 0 bridgehead atoms. The average Bonchev–Trinajstić information content (AvgIpc) is 2.63. The topological polar surface area (TPSA) is 55.4 Å². The molecular formula is C14H32O6Si3. The minimum atomic E-state index is -2.72. The van der Waals surface area contributed by atoms with Gasteiger partial charge in [-0.05, 0) is 11.4 Å². The molecule has 0 fully saturated rings. The van der Waals surface area contributed by atoms with Gasteiger partial charge in [-0.3, -0.25) is 0 Å². The predicted molar refractivity (Wildman–Crippen MR) is 98.6 cm³/mol. The van der Waals surface area contributed by atoms with Crippen LogP contribution in [0.1, 0.15) is 13.8 Å². The molecule has 6 nitrogen and oxygen atoms in total. The number of hydrogen-bond donors (Lipinski definition) is 0. The van der Waals surface area contributed by atoms with Crippen LogP contribution in [0, 0.1) is 0 Å². The first-order valence-corrected chi connectivity index (χ1v) is 13.8. The first-order chi connectivity index (χ1) is 10.9. The van der Waals surface area contributed by atoms with Gasteiger partial charge in [0.2, 0.25) is 0 Å². The van der Waals surface area contributed by atoms with Crippen LogP contribution < -0.4 is 0 Å². The summed E-state index contributed by atoms with van der Waals surface area (Å²) in [5, 5.41) is 0. The summed E-state index contributed by atoms with van der Waals surface area (Å²) in [7, 11) is 2.39. The van der Waals surface area contributed by atoms with Crippen LogP contribution in [-0.4, -0.2) is 68.3 Å². The molecule has 0 aromatic rings. The van der Waals surface area contributed by atoms with Crippen LogP contribution in [0.3, 0.4) is 0 Å². The van der Waals surface area contributed by atoms with Crippen LogP contribution in [0.25, 0.3) is 0 Å². The molecular weight excluding hydrogens is 348 g/mol. The molecule has 0 spiro atoms. The summed E-state index contributed by atoms with van der Waals surface area (Å²) < 4.78 is 32.8. The summed E-state index contributed by atoms with van der Waals surface area (Å²) in [6, 6.07) is 2.08. The lowest BCUT2D eigenvalue weighted by Crippen LogP contribution is -2.44. The Morgan fingerprint density at radius 1 is 0.522 bits per heavy atom. The lowest BCUT2D eigenvalue weighted by atomic mass is 10.9. The van der Waals surface area contributed by atoms with E-state index in [1.165, 1.54) is 0 Å². The average molecular weight is 381 g/mol. The van der Waals surface area contributed by atoms with Crippen LogP contribution in [-0.2, 0) is 26.6 Å². The van der Waals surface area contributed by atoms with E-state index in [2.05, 4.69) is 25.2 Å². The lowest BCUT2D eigenvalue weighted by molar-refractivity contribution is 0.138. The predicted octanol–water partition coefficient (Wildman–Crippen LogP) is 2.50. The van der Waals surface area contributed by atoms with Crippen molar-refractivity contribution in [3.05, 3.63) is 22.8 Å². The van der Waals surface area contributed by atoms with E-state index in [1.54, 1.807) is 42.7 Å². The third-order valence-corrected chi connectivity index (χ3v) is 13.8. The minimum absolute atomic E-state index is 1.04. The molecule has 0 radical (unpaired) electrons. The Labute approximate surface area is 144 Å². The largest absolute Gasteiger partial charge is 0.528 e. The molecule has 9 heteroatoms. The zero-order valence-electron chi connectivity index (χ0n) is 15.7. The normalized spacial score (nSPS) is 14.3. The molecule has 0 aromatic carbocycles. The molecule has 0 unspecified atom stereocenters. The van der Waals surface area contributed by atoms with E-state index in [9.17, 15) is 0 Å². The van der Waals surface area contributed by atoms with Crippen molar-refractivity contribution in [3.8, 4) is 0 Å². The van der Waals surface area contributed by atoms with Gasteiger partial charge in [0.25, 0.3) is 0 Å². The zero-order chi connectivity index (χ0) is 18.0. The first kappa shape index (κ1) is 22.9. The Morgan fingerprint density at radius 2 is 0.783 bits per heavy atom. The third-order valence-electron chi connectivity index (χ3n) is 4.26. The van der Waals surface area contributed by atoms with E-state index in [0.29, 0.717) is 0 Å². The lowest BCUT2D eigenvalue weighted by Gasteiger charge is -2.27. The van der Waals surface area contributed by atoms with Gasteiger partial charge in [0.05, 0.1) is 0 Å². The quantitative estimate of drug-likeness (QED) is 0.485.